The SMILES string of the molecule is N/N=C1\N=NC=C2C=CC=CC21. The summed E-state index contributed by atoms with van der Waals surface area (Å²) in [7, 11) is 0. The molecule has 12 heavy (non-hydrogen) atoms. The maximum Gasteiger partial charge on any atom is 0.181 e. The molecule has 1 aliphatic heterocycles. The first-order chi connectivity index (χ1) is 5.92. The van der Waals surface area contributed by atoms with Crippen LogP contribution in [0.15, 0.2) is 51.4 Å². The van der Waals surface area contributed by atoms with Crippen LogP contribution in [0.5, 0.6) is 0 Å². The standard InChI is InChI=1S/C8H8N4/c9-11-8-7-4-2-1-3-6(7)5-10-12-8/h1-5,7H,9H2/b11-8-. The molecule has 4 heteroatoms. The normalized spacial score (nSPS) is 28.8. The van der Waals surface area contributed by atoms with Crippen molar-refractivity contribution in [2.24, 2.45) is 27.1 Å². The third kappa shape index (κ3) is 0.972. The van der Waals surface area contributed by atoms with Crippen molar-refractivity contribution in [2.75, 3.05) is 0 Å². The summed E-state index contributed by atoms with van der Waals surface area (Å²) < 4.78 is 0. The van der Waals surface area contributed by atoms with Crippen molar-refractivity contribution in [3.05, 3.63) is 36.1 Å². The summed E-state index contributed by atoms with van der Waals surface area (Å²) in [6.45, 7) is 0. The fourth-order valence-corrected chi connectivity index (χ4v) is 1.24. The maximum atomic E-state index is 5.16. The van der Waals surface area contributed by atoms with Gasteiger partial charge in [0, 0.05) is 0 Å². The Balaban J connectivity index is 2.42. The molecule has 0 aromatic carbocycles. The number of hydrazone groups is 1. The molecule has 1 heterocycles. The van der Waals surface area contributed by atoms with Crippen LogP contribution in [0.25, 0.3) is 0 Å². The minimum absolute atomic E-state index is 0.0949. The number of nitrogens with two attached hydrogens (primary N) is 1. The van der Waals surface area contributed by atoms with Crippen molar-refractivity contribution in [2.45, 2.75) is 0 Å². The van der Waals surface area contributed by atoms with Crippen LogP contribution >= 0.6 is 0 Å². The van der Waals surface area contributed by atoms with Crippen molar-refractivity contribution in [1.29, 1.82) is 0 Å². The van der Waals surface area contributed by atoms with Gasteiger partial charge in [0.1, 0.15) is 0 Å². The Hall–Kier alpha value is -1.71. The molecule has 0 bridgehead atoms. The molecule has 0 aromatic heterocycles. The lowest BCUT2D eigenvalue weighted by molar-refractivity contribution is 0.945. The Morgan fingerprint density at radius 3 is 3.17 bits per heavy atom. The van der Waals surface area contributed by atoms with Gasteiger partial charge in [-0.05, 0) is 5.57 Å². The highest BCUT2D eigenvalue weighted by molar-refractivity contribution is 5.90. The van der Waals surface area contributed by atoms with E-state index in [2.05, 4.69) is 15.3 Å². The predicted molar refractivity (Wildman–Crippen MR) is 46.3 cm³/mol. The number of hydrogen-bond acceptors (Lipinski definition) is 3. The van der Waals surface area contributed by atoms with Crippen LogP contribution in [0.1, 0.15) is 0 Å². The van der Waals surface area contributed by atoms with Gasteiger partial charge in [-0.15, -0.1) is 5.11 Å². The van der Waals surface area contributed by atoms with Crippen LogP contribution in [0, 0.1) is 5.92 Å². The number of azo groups is 1. The summed E-state index contributed by atoms with van der Waals surface area (Å²) in [5.74, 6) is 5.82. The van der Waals surface area contributed by atoms with Crippen LogP contribution < -0.4 is 5.84 Å². The molecular formula is C8H8N4. The molecule has 60 valence electrons. The molecule has 2 rings (SSSR count). The van der Waals surface area contributed by atoms with Crippen molar-refractivity contribution >= 4 is 5.84 Å². The molecular weight excluding hydrogens is 152 g/mol. The highest BCUT2D eigenvalue weighted by Gasteiger charge is 2.20. The second-order valence-corrected chi connectivity index (χ2v) is 2.55. The van der Waals surface area contributed by atoms with Crippen molar-refractivity contribution < 1.29 is 0 Å². The second-order valence-electron chi connectivity index (χ2n) is 2.55. The molecule has 0 spiro atoms. The molecule has 2 N–H and O–H groups in total. The minimum Gasteiger partial charge on any atom is -0.321 e. The van der Waals surface area contributed by atoms with Gasteiger partial charge in [-0.3, -0.25) is 0 Å². The van der Waals surface area contributed by atoms with Gasteiger partial charge in [-0.25, -0.2) is 0 Å². The van der Waals surface area contributed by atoms with E-state index in [1.165, 1.54) is 0 Å². The Kier molecular flexibility index (Phi) is 1.59. The molecule has 4 nitrogen and oxygen atoms in total. The molecule has 0 saturated heterocycles. The summed E-state index contributed by atoms with van der Waals surface area (Å²) in [6.07, 6.45) is 9.61. The lowest BCUT2D eigenvalue weighted by Crippen LogP contribution is -2.16. The lowest BCUT2D eigenvalue weighted by atomic mass is 9.94. The molecule has 1 unspecified atom stereocenters. The Labute approximate surface area is 69.9 Å². The van der Waals surface area contributed by atoms with Gasteiger partial charge in [-0.2, -0.15) is 10.2 Å². The Bertz CT molecular complexity index is 333. The fourth-order valence-electron chi connectivity index (χ4n) is 1.24. The molecule has 0 radical (unpaired) electrons. The van der Waals surface area contributed by atoms with Gasteiger partial charge in [-0.1, -0.05) is 24.3 Å². The summed E-state index contributed by atoms with van der Waals surface area (Å²) in [5, 5.41) is 11.2. The second kappa shape index (κ2) is 2.73. The largest absolute Gasteiger partial charge is 0.321 e. The van der Waals surface area contributed by atoms with Gasteiger partial charge >= 0.3 is 0 Å². The number of allylic oxidation sites excluding steroid dienone is 3. The van der Waals surface area contributed by atoms with E-state index in [4.69, 9.17) is 5.84 Å². The zero-order valence-electron chi connectivity index (χ0n) is 6.38. The summed E-state index contributed by atoms with van der Waals surface area (Å²) >= 11 is 0. The summed E-state index contributed by atoms with van der Waals surface area (Å²) in [6, 6.07) is 0. The first kappa shape index (κ1) is 6.97. The van der Waals surface area contributed by atoms with E-state index < -0.39 is 0 Å². The van der Waals surface area contributed by atoms with E-state index in [1.54, 1.807) is 6.20 Å². The maximum absolute atomic E-state index is 5.16. The van der Waals surface area contributed by atoms with E-state index in [-0.39, 0.29) is 5.92 Å². The average Bonchev–Trinajstić information content (AvgIpc) is 2.17. The van der Waals surface area contributed by atoms with Crippen LogP contribution in [0.3, 0.4) is 0 Å². The van der Waals surface area contributed by atoms with Gasteiger partial charge in [0.05, 0.1) is 12.1 Å². The topological polar surface area (TPSA) is 63.1 Å². The molecule has 0 amide bonds. The minimum atomic E-state index is 0.0949. The van der Waals surface area contributed by atoms with E-state index >= 15 is 0 Å². The van der Waals surface area contributed by atoms with Crippen LogP contribution in [-0.2, 0) is 0 Å². The number of hydrogen-bond donors (Lipinski definition) is 1. The van der Waals surface area contributed by atoms with Crippen LogP contribution in [0.2, 0.25) is 0 Å². The highest BCUT2D eigenvalue weighted by atomic mass is 15.2. The third-order valence-electron chi connectivity index (χ3n) is 1.84. The van der Waals surface area contributed by atoms with Crippen LogP contribution in [-0.4, -0.2) is 5.84 Å². The van der Waals surface area contributed by atoms with Crippen molar-refractivity contribution in [3.63, 3.8) is 0 Å². The van der Waals surface area contributed by atoms with Crippen molar-refractivity contribution in [1.82, 2.24) is 0 Å². The van der Waals surface area contributed by atoms with Crippen LogP contribution in [0.4, 0.5) is 0 Å². The van der Waals surface area contributed by atoms with Gasteiger partial charge in [0.2, 0.25) is 0 Å². The molecule has 0 aromatic rings. The molecule has 1 atom stereocenters. The predicted octanol–water partition coefficient (Wildman–Crippen LogP) is 1.35. The van der Waals surface area contributed by atoms with E-state index in [9.17, 15) is 0 Å². The first-order valence-corrected chi connectivity index (χ1v) is 3.65. The highest BCUT2D eigenvalue weighted by Crippen LogP contribution is 2.23. The number of fused-ring (bicyclic) bond motifs is 1. The van der Waals surface area contributed by atoms with E-state index in [0.29, 0.717) is 5.84 Å². The molecule has 1 aliphatic carbocycles. The van der Waals surface area contributed by atoms with Crippen molar-refractivity contribution in [3.8, 4) is 0 Å². The molecule has 0 fully saturated rings. The van der Waals surface area contributed by atoms with E-state index in [1.807, 2.05) is 24.3 Å². The molecule has 0 saturated carbocycles. The summed E-state index contributed by atoms with van der Waals surface area (Å²) in [4.78, 5) is 0. The Morgan fingerprint density at radius 2 is 2.33 bits per heavy atom. The van der Waals surface area contributed by atoms with Gasteiger partial charge < -0.3 is 5.84 Å². The monoisotopic (exact) mass is 160 g/mol. The first-order valence-electron chi connectivity index (χ1n) is 3.65. The third-order valence-corrected chi connectivity index (χ3v) is 1.84. The zero-order valence-corrected chi connectivity index (χ0v) is 6.38. The summed E-state index contributed by atoms with van der Waals surface area (Å²) in [5.41, 5.74) is 1.08. The Morgan fingerprint density at radius 1 is 1.42 bits per heavy atom. The molecule has 2 aliphatic rings. The zero-order chi connectivity index (χ0) is 8.39. The number of nitrogens with zero attached hydrogens (tertiary/aromatic N) is 3. The number of amidine groups is 1. The van der Waals surface area contributed by atoms with Gasteiger partial charge in [0.15, 0.2) is 5.84 Å². The average molecular weight is 160 g/mol. The van der Waals surface area contributed by atoms with E-state index in [0.717, 1.165) is 5.57 Å². The smallest absolute Gasteiger partial charge is 0.181 e. The fraction of sp³-hybridized carbons (Fsp3) is 0.125. The lowest BCUT2D eigenvalue weighted by Gasteiger charge is -2.16. The number of rotatable bonds is 0. The quantitative estimate of drug-likeness (QED) is 0.422. The van der Waals surface area contributed by atoms with Gasteiger partial charge in [0.25, 0.3) is 0 Å².